The largest absolute Gasteiger partial charge is 0.508 e. The second-order valence-electron chi connectivity index (χ2n) is 7.03. The molecule has 1 unspecified atom stereocenters. The maximum absolute atomic E-state index is 12.4. The lowest BCUT2D eigenvalue weighted by Crippen LogP contribution is -2.41. The van der Waals surface area contributed by atoms with Gasteiger partial charge in [-0.1, -0.05) is 42.5 Å². The molecule has 0 aromatic heterocycles. The number of amides is 1. The van der Waals surface area contributed by atoms with E-state index < -0.39 is 0 Å². The fraction of sp³-hybridized carbons (Fsp3) is 0.350. The Morgan fingerprint density at radius 2 is 1.78 bits per heavy atom. The summed E-state index contributed by atoms with van der Waals surface area (Å²) in [4.78, 5) is 12.4. The van der Waals surface area contributed by atoms with Crippen LogP contribution < -0.4 is 5.32 Å². The van der Waals surface area contributed by atoms with Gasteiger partial charge in [-0.2, -0.15) is 0 Å². The zero-order valence-electron chi connectivity index (χ0n) is 14.3. The number of aromatic hydroxyl groups is 1. The Labute approximate surface area is 138 Å². The highest BCUT2D eigenvalue weighted by atomic mass is 16.3. The van der Waals surface area contributed by atoms with E-state index in [4.69, 9.17) is 0 Å². The van der Waals surface area contributed by atoms with Crippen LogP contribution in [0.1, 0.15) is 49.8 Å². The molecule has 0 aliphatic rings. The quantitative estimate of drug-likeness (QED) is 0.891. The van der Waals surface area contributed by atoms with E-state index in [-0.39, 0.29) is 23.1 Å². The van der Waals surface area contributed by atoms with Crippen molar-refractivity contribution in [3.8, 4) is 5.75 Å². The second-order valence-corrected chi connectivity index (χ2v) is 7.03. The third kappa shape index (κ3) is 4.85. The number of carbonyl (C=O) groups is 1. The summed E-state index contributed by atoms with van der Waals surface area (Å²) < 4.78 is 0. The topological polar surface area (TPSA) is 49.3 Å². The van der Waals surface area contributed by atoms with Gasteiger partial charge in [0, 0.05) is 23.4 Å². The zero-order valence-corrected chi connectivity index (χ0v) is 14.3. The predicted octanol–water partition coefficient (Wildman–Crippen LogP) is 4.14. The molecule has 23 heavy (non-hydrogen) atoms. The number of rotatable bonds is 4. The summed E-state index contributed by atoms with van der Waals surface area (Å²) in [5.74, 6) is 0.0490. The van der Waals surface area contributed by atoms with Gasteiger partial charge < -0.3 is 10.4 Å². The van der Waals surface area contributed by atoms with Crippen LogP contribution in [0, 0.1) is 6.92 Å². The van der Waals surface area contributed by atoms with Crippen molar-refractivity contribution in [2.45, 2.75) is 45.6 Å². The first-order valence-corrected chi connectivity index (χ1v) is 7.92. The van der Waals surface area contributed by atoms with Gasteiger partial charge in [-0.15, -0.1) is 0 Å². The summed E-state index contributed by atoms with van der Waals surface area (Å²) >= 11 is 0. The summed E-state index contributed by atoms with van der Waals surface area (Å²) in [6.07, 6.45) is 0.303. The van der Waals surface area contributed by atoms with Gasteiger partial charge in [0.25, 0.3) is 0 Å². The summed E-state index contributed by atoms with van der Waals surface area (Å²) in [6.45, 7) is 7.83. The Hall–Kier alpha value is -2.29. The van der Waals surface area contributed by atoms with Crippen molar-refractivity contribution >= 4 is 5.91 Å². The van der Waals surface area contributed by atoms with Gasteiger partial charge in [-0.3, -0.25) is 4.79 Å². The molecule has 2 aromatic carbocycles. The summed E-state index contributed by atoms with van der Waals surface area (Å²) in [6, 6.07) is 15.5. The van der Waals surface area contributed by atoms with Crippen LogP contribution in [0.2, 0.25) is 0 Å². The SMILES string of the molecule is Cc1ccc(C(CC(=O)NC(C)(C)C)c2ccccc2)c(O)c1. The van der Waals surface area contributed by atoms with E-state index in [0.29, 0.717) is 6.42 Å². The third-order valence-electron chi connectivity index (χ3n) is 3.67. The standard InChI is InChI=1S/C20H25NO2/c1-14-10-11-16(18(22)12-14)17(15-8-6-5-7-9-15)13-19(23)21-20(2,3)4/h5-12,17,22H,13H2,1-4H3,(H,21,23). The third-order valence-corrected chi connectivity index (χ3v) is 3.67. The van der Waals surface area contributed by atoms with E-state index in [2.05, 4.69) is 5.32 Å². The van der Waals surface area contributed by atoms with Crippen molar-refractivity contribution in [1.82, 2.24) is 5.32 Å². The maximum atomic E-state index is 12.4. The first kappa shape index (κ1) is 17.1. The maximum Gasteiger partial charge on any atom is 0.221 e. The molecule has 2 rings (SSSR count). The van der Waals surface area contributed by atoms with Crippen LogP contribution in [0.5, 0.6) is 5.75 Å². The van der Waals surface area contributed by atoms with Crippen molar-refractivity contribution in [2.75, 3.05) is 0 Å². The molecule has 1 amide bonds. The lowest BCUT2D eigenvalue weighted by molar-refractivity contribution is -0.122. The van der Waals surface area contributed by atoms with Crippen LogP contribution in [0.3, 0.4) is 0 Å². The summed E-state index contributed by atoms with van der Waals surface area (Å²) in [5, 5.41) is 13.3. The first-order chi connectivity index (χ1) is 10.8. The molecule has 1 atom stereocenters. The number of carbonyl (C=O) groups excluding carboxylic acids is 1. The Morgan fingerprint density at radius 1 is 1.13 bits per heavy atom. The lowest BCUT2D eigenvalue weighted by Gasteiger charge is -2.24. The van der Waals surface area contributed by atoms with Gasteiger partial charge in [0.15, 0.2) is 0 Å². The van der Waals surface area contributed by atoms with Crippen molar-refractivity contribution in [3.63, 3.8) is 0 Å². The second kappa shape index (κ2) is 6.86. The number of hydrogen-bond acceptors (Lipinski definition) is 2. The molecule has 0 aliphatic carbocycles. The molecular weight excluding hydrogens is 286 g/mol. The number of phenolic OH excluding ortho intramolecular Hbond substituents is 1. The molecule has 0 fully saturated rings. The molecule has 0 spiro atoms. The molecule has 3 heteroatoms. The highest BCUT2D eigenvalue weighted by Crippen LogP contribution is 2.34. The monoisotopic (exact) mass is 311 g/mol. The van der Waals surface area contributed by atoms with Crippen LogP contribution in [-0.4, -0.2) is 16.6 Å². The van der Waals surface area contributed by atoms with E-state index in [0.717, 1.165) is 16.7 Å². The van der Waals surface area contributed by atoms with E-state index in [1.54, 1.807) is 6.07 Å². The van der Waals surface area contributed by atoms with Crippen LogP contribution in [-0.2, 0) is 4.79 Å². The average Bonchev–Trinajstić information content (AvgIpc) is 2.44. The fourth-order valence-corrected chi connectivity index (χ4v) is 2.70. The zero-order chi connectivity index (χ0) is 17.0. The van der Waals surface area contributed by atoms with Gasteiger partial charge in [-0.05, 0) is 44.9 Å². The number of hydrogen-bond donors (Lipinski definition) is 2. The van der Waals surface area contributed by atoms with Crippen LogP contribution >= 0.6 is 0 Å². The number of nitrogens with one attached hydrogen (secondary N) is 1. The molecule has 0 heterocycles. The van der Waals surface area contributed by atoms with Crippen LogP contribution in [0.15, 0.2) is 48.5 Å². The van der Waals surface area contributed by atoms with E-state index >= 15 is 0 Å². The Morgan fingerprint density at radius 3 is 2.35 bits per heavy atom. The number of phenols is 1. The molecule has 0 saturated carbocycles. The van der Waals surface area contributed by atoms with E-state index in [9.17, 15) is 9.90 Å². The minimum atomic E-state index is -0.270. The number of benzene rings is 2. The minimum absolute atomic E-state index is 0.0219. The van der Waals surface area contributed by atoms with Gasteiger partial charge in [0.2, 0.25) is 5.91 Å². The normalized spacial score (nSPS) is 12.7. The van der Waals surface area contributed by atoms with Crippen molar-refractivity contribution in [1.29, 1.82) is 0 Å². The molecule has 122 valence electrons. The van der Waals surface area contributed by atoms with Crippen molar-refractivity contribution in [3.05, 3.63) is 65.2 Å². The van der Waals surface area contributed by atoms with Crippen LogP contribution in [0.4, 0.5) is 0 Å². The molecule has 0 saturated heterocycles. The van der Waals surface area contributed by atoms with Gasteiger partial charge >= 0.3 is 0 Å². The Kier molecular flexibility index (Phi) is 5.09. The summed E-state index contributed by atoms with van der Waals surface area (Å²) in [5.41, 5.74) is 2.53. The van der Waals surface area contributed by atoms with Crippen LogP contribution in [0.25, 0.3) is 0 Å². The number of aryl methyl sites for hydroxylation is 1. The smallest absolute Gasteiger partial charge is 0.221 e. The molecule has 2 aromatic rings. The average molecular weight is 311 g/mol. The van der Waals surface area contributed by atoms with Gasteiger partial charge in [0.05, 0.1) is 0 Å². The summed E-state index contributed by atoms with van der Waals surface area (Å²) in [7, 11) is 0. The Bertz CT molecular complexity index is 672. The minimum Gasteiger partial charge on any atom is -0.508 e. The lowest BCUT2D eigenvalue weighted by atomic mass is 9.87. The predicted molar refractivity (Wildman–Crippen MR) is 93.6 cm³/mol. The van der Waals surface area contributed by atoms with Crippen molar-refractivity contribution < 1.29 is 9.90 Å². The first-order valence-electron chi connectivity index (χ1n) is 7.92. The highest BCUT2D eigenvalue weighted by molar-refractivity contribution is 5.78. The van der Waals surface area contributed by atoms with Crippen molar-refractivity contribution in [2.24, 2.45) is 0 Å². The van der Waals surface area contributed by atoms with Gasteiger partial charge in [-0.25, -0.2) is 0 Å². The Balaban J connectivity index is 2.35. The molecule has 2 N–H and O–H groups in total. The molecule has 0 radical (unpaired) electrons. The highest BCUT2D eigenvalue weighted by Gasteiger charge is 2.23. The molecule has 0 bridgehead atoms. The van der Waals surface area contributed by atoms with Gasteiger partial charge in [0.1, 0.15) is 5.75 Å². The molecule has 0 aliphatic heterocycles. The van der Waals surface area contributed by atoms with E-state index in [1.807, 2.05) is 70.2 Å². The molecule has 3 nitrogen and oxygen atoms in total. The van der Waals surface area contributed by atoms with E-state index in [1.165, 1.54) is 0 Å². The molecular formula is C20H25NO2. The fourth-order valence-electron chi connectivity index (χ4n) is 2.70.